The maximum absolute atomic E-state index is 13.3. The van der Waals surface area contributed by atoms with Gasteiger partial charge < -0.3 is 15.0 Å². The van der Waals surface area contributed by atoms with E-state index in [1.54, 1.807) is 35.9 Å². The van der Waals surface area contributed by atoms with Gasteiger partial charge in [0.15, 0.2) is 0 Å². The number of anilines is 1. The number of nitrogens with zero attached hydrogens (tertiary/aromatic N) is 1. The first-order chi connectivity index (χ1) is 11.6. The Bertz CT molecular complexity index is 759. The molecule has 2 amide bonds. The highest BCUT2D eigenvalue weighted by atomic mass is 79.9. The summed E-state index contributed by atoms with van der Waals surface area (Å²) in [6.45, 7) is 0.639. The Labute approximate surface area is 152 Å². The third kappa shape index (κ3) is 3.67. The molecule has 2 aromatic rings. The second-order valence-corrected chi connectivity index (χ2v) is 7.29. The van der Waals surface area contributed by atoms with Crippen molar-refractivity contribution in [3.8, 4) is 5.75 Å². The highest BCUT2D eigenvalue weighted by Crippen LogP contribution is 2.40. The van der Waals surface area contributed by atoms with E-state index in [2.05, 4.69) is 21.2 Å². The summed E-state index contributed by atoms with van der Waals surface area (Å²) in [6, 6.07) is 11.5. The fourth-order valence-electron chi connectivity index (χ4n) is 2.55. The van der Waals surface area contributed by atoms with Crippen LogP contribution in [0.1, 0.15) is 10.9 Å². The van der Waals surface area contributed by atoms with Gasteiger partial charge in [-0.1, -0.05) is 12.1 Å². The Hall–Kier alpha value is -1.73. The number of methoxy groups -OCH3 is 1. The Morgan fingerprint density at radius 2 is 2.21 bits per heavy atom. The summed E-state index contributed by atoms with van der Waals surface area (Å²) in [5.74, 6) is 1.22. The number of ether oxygens (including phenoxy) is 1. The van der Waals surface area contributed by atoms with Crippen LogP contribution in [-0.2, 0) is 0 Å². The van der Waals surface area contributed by atoms with E-state index in [1.165, 1.54) is 12.1 Å². The molecule has 1 aliphatic rings. The highest BCUT2D eigenvalue weighted by Gasteiger charge is 2.31. The lowest BCUT2D eigenvalue weighted by molar-refractivity contribution is 0.214. The van der Waals surface area contributed by atoms with Crippen molar-refractivity contribution in [2.45, 2.75) is 5.37 Å². The summed E-state index contributed by atoms with van der Waals surface area (Å²) < 4.78 is 19.4. The average Bonchev–Trinajstić information content (AvgIpc) is 3.04. The molecule has 1 aliphatic heterocycles. The largest absolute Gasteiger partial charge is 0.496 e. The molecule has 7 heteroatoms. The maximum Gasteiger partial charge on any atom is 0.323 e. The Morgan fingerprint density at radius 3 is 2.92 bits per heavy atom. The maximum atomic E-state index is 13.3. The zero-order valence-electron chi connectivity index (χ0n) is 13.0. The lowest BCUT2D eigenvalue weighted by Crippen LogP contribution is -2.34. The molecule has 1 atom stereocenters. The third-order valence-electron chi connectivity index (χ3n) is 3.69. The number of amides is 2. The number of carbonyl (C=O) groups excluding carboxylic acids is 1. The quantitative estimate of drug-likeness (QED) is 0.783. The standard InChI is InChI=1S/C17H16BrFN2O2S/c1-23-15-6-5-11(9-14(15)18)16-21(7-8-24-16)17(22)20-13-4-2-3-12(19)10-13/h2-6,9-10,16H,7-8H2,1H3,(H,20,22). The monoisotopic (exact) mass is 410 g/mol. The number of carbonyl (C=O) groups is 1. The third-order valence-corrected chi connectivity index (χ3v) is 5.57. The van der Waals surface area contributed by atoms with Gasteiger partial charge >= 0.3 is 6.03 Å². The number of rotatable bonds is 3. The van der Waals surface area contributed by atoms with E-state index in [0.717, 1.165) is 21.5 Å². The fourth-order valence-corrected chi connectivity index (χ4v) is 4.36. The molecule has 24 heavy (non-hydrogen) atoms. The molecule has 0 radical (unpaired) electrons. The summed E-state index contributed by atoms with van der Waals surface area (Å²) >= 11 is 5.18. The molecule has 1 unspecified atom stereocenters. The molecule has 2 aromatic carbocycles. The molecule has 0 bridgehead atoms. The number of thioether (sulfide) groups is 1. The number of benzene rings is 2. The van der Waals surface area contributed by atoms with Gasteiger partial charge in [-0.3, -0.25) is 0 Å². The molecule has 0 saturated carbocycles. The lowest BCUT2D eigenvalue weighted by atomic mass is 10.2. The van der Waals surface area contributed by atoms with Crippen molar-refractivity contribution >= 4 is 39.4 Å². The van der Waals surface area contributed by atoms with Crippen molar-refractivity contribution in [3.63, 3.8) is 0 Å². The van der Waals surface area contributed by atoms with Gasteiger partial charge in [0.1, 0.15) is 16.9 Å². The van der Waals surface area contributed by atoms with E-state index in [9.17, 15) is 9.18 Å². The van der Waals surface area contributed by atoms with Crippen LogP contribution < -0.4 is 10.1 Å². The summed E-state index contributed by atoms with van der Waals surface area (Å²) in [5.41, 5.74) is 1.46. The first-order valence-corrected chi connectivity index (χ1v) is 9.21. The first kappa shape index (κ1) is 17.1. The fraction of sp³-hybridized carbons (Fsp3) is 0.235. The van der Waals surface area contributed by atoms with Gasteiger partial charge in [0.25, 0.3) is 0 Å². The molecule has 1 heterocycles. The van der Waals surface area contributed by atoms with Crippen LogP contribution >= 0.6 is 27.7 Å². The summed E-state index contributed by atoms with van der Waals surface area (Å²) in [5, 5.41) is 2.68. The molecular weight excluding hydrogens is 395 g/mol. The van der Waals surface area contributed by atoms with Gasteiger partial charge in [-0.15, -0.1) is 11.8 Å². The number of hydrogen-bond donors (Lipinski definition) is 1. The summed E-state index contributed by atoms with van der Waals surface area (Å²) in [4.78, 5) is 14.3. The number of halogens is 2. The van der Waals surface area contributed by atoms with Crippen molar-refractivity contribution in [3.05, 3.63) is 58.3 Å². The molecule has 126 valence electrons. The Morgan fingerprint density at radius 1 is 1.38 bits per heavy atom. The molecular formula is C17H16BrFN2O2S. The lowest BCUT2D eigenvalue weighted by Gasteiger charge is -2.25. The number of hydrogen-bond acceptors (Lipinski definition) is 3. The first-order valence-electron chi connectivity index (χ1n) is 7.36. The van der Waals surface area contributed by atoms with E-state index in [0.29, 0.717) is 12.2 Å². The zero-order chi connectivity index (χ0) is 17.1. The van der Waals surface area contributed by atoms with Crippen LogP contribution in [0.3, 0.4) is 0 Å². The molecule has 1 N–H and O–H groups in total. The van der Waals surface area contributed by atoms with Crippen LogP contribution in [0.4, 0.5) is 14.9 Å². The van der Waals surface area contributed by atoms with Gasteiger partial charge in [0.05, 0.1) is 11.6 Å². The summed E-state index contributed by atoms with van der Waals surface area (Å²) in [7, 11) is 1.61. The van der Waals surface area contributed by atoms with Crippen molar-refractivity contribution in [1.82, 2.24) is 4.90 Å². The SMILES string of the molecule is COc1ccc(C2SCCN2C(=O)Nc2cccc(F)c2)cc1Br. The van der Waals surface area contributed by atoms with E-state index in [4.69, 9.17) is 4.74 Å². The molecule has 4 nitrogen and oxygen atoms in total. The molecule has 1 saturated heterocycles. The molecule has 0 spiro atoms. The van der Waals surface area contributed by atoms with Crippen molar-refractivity contribution in [2.24, 2.45) is 0 Å². The molecule has 3 rings (SSSR count). The molecule has 0 aromatic heterocycles. The minimum Gasteiger partial charge on any atom is -0.496 e. The molecule has 1 fully saturated rings. The van der Waals surface area contributed by atoms with Gasteiger partial charge in [-0.25, -0.2) is 9.18 Å². The van der Waals surface area contributed by atoms with Gasteiger partial charge in [-0.05, 0) is 51.8 Å². The smallest absolute Gasteiger partial charge is 0.323 e. The van der Waals surface area contributed by atoms with E-state index in [-0.39, 0.29) is 17.2 Å². The van der Waals surface area contributed by atoms with Crippen LogP contribution in [0.15, 0.2) is 46.9 Å². The van der Waals surface area contributed by atoms with Crippen molar-refractivity contribution in [2.75, 3.05) is 24.7 Å². The van der Waals surface area contributed by atoms with Gasteiger partial charge in [0.2, 0.25) is 0 Å². The van der Waals surface area contributed by atoms with Gasteiger partial charge in [0, 0.05) is 18.0 Å². The minimum atomic E-state index is -0.376. The van der Waals surface area contributed by atoms with E-state index >= 15 is 0 Å². The number of nitrogens with one attached hydrogen (secondary N) is 1. The van der Waals surface area contributed by atoms with Crippen LogP contribution in [0.2, 0.25) is 0 Å². The second-order valence-electron chi connectivity index (χ2n) is 5.25. The Balaban J connectivity index is 1.77. The zero-order valence-corrected chi connectivity index (χ0v) is 15.4. The van der Waals surface area contributed by atoms with Crippen LogP contribution in [0.5, 0.6) is 5.75 Å². The van der Waals surface area contributed by atoms with Gasteiger partial charge in [-0.2, -0.15) is 0 Å². The minimum absolute atomic E-state index is 0.0826. The van der Waals surface area contributed by atoms with E-state index < -0.39 is 0 Å². The molecule has 0 aliphatic carbocycles. The van der Waals surface area contributed by atoms with Crippen molar-refractivity contribution < 1.29 is 13.9 Å². The van der Waals surface area contributed by atoms with E-state index in [1.807, 2.05) is 18.2 Å². The van der Waals surface area contributed by atoms with Crippen LogP contribution in [0.25, 0.3) is 0 Å². The van der Waals surface area contributed by atoms with Crippen LogP contribution in [0, 0.1) is 5.82 Å². The van der Waals surface area contributed by atoms with Crippen LogP contribution in [-0.4, -0.2) is 30.3 Å². The topological polar surface area (TPSA) is 41.6 Å². The summed E-state index contributed by atoms with van der Waals surface area (Å²) in [6.07, 6.45) is 0. The highest BCUT2D eigenvalue weighted by molar-refractivity contribution is 9.10. The predicted octanol–water partition coefficient (Wildman–Crippen LogP) is 4.88. The van der Waals surface area contributed by atoms with Crippen molar-refractivity contribution in [1.29, 1.82) is 0 Å². The number of urea groups is 1. The second kappa shape index (κ2) is 7.44. The normalized spacial score (nSPS) is 17.0. The predicted molar refractivity (Wildman–Crippen MR) is 98.0 cm³/mol. The average molecular weight is 411 g/mol. The Kier molecular flexibility index (Phi) is 5.30.